The molecule has 2 unspecified atom stereocenters. The standard InChI is InChI=1S/C30H38O5S2/c1-20-8-12-25(13-9-20)36(32,33)17-16-22(3)18-27(37(34,35)26-14-10-21(2)11-15-26)28-24(5)29(31)23(4)19-30(28,6)7/h8-16,23,27H,17-19H2,1-7H3/b22-16+. The molecule has 0 fully saturated rings. The third-order valence-electron chi connectivity index (χ3n) is 7.35. The van der Waals surface area contributed by atoms with Gasteiger partial charge in [0.25, 0.3) is 0 Å². The molecule has 0 radical (unpaired) electrons. The van der Waals surface area contributed by atoms with Crippen LogP contribution in [0.25, 0.3) is 0 Å². The average Bonchev–Trinajstić information content (AvgIpc) is 2.81. The van der Waals surface area contributed by atoms with Crippen molar-refractivity contribution in [3.8, 4) is 0 Å². The molecule has 0 heterocycles. The van der Waals surface area contributed by atoms with Crippen LogP contribution in [0.15, 0.2) is 81.1 Å². The number of carbonyl (C=O) groups excluding carboxylic acids is 1. The fourth-order valence-electron chi connectivity index (χ4n) is 5.38. The van der Waals surface area contributed by atoms with E-state index in [-0.39, 0.29) is 33.7 Å². The van der Waals surface area contributed by atoms with Crippen molar-refractivity contribution < 1.29 is 21.6 Å². The van der Waals surface area contributed by atoms with Crippen LogP contribution in [0.1, 0.15) is 58.6 Å². The number of ketones is 1. The van der Waals surface area contributed by atoms with E-state index in [9.17, 15) is 21.6 Å². The topological polar surface area (TPSA) is 85.3 Å². The minimum absolute atomic E-state index is 0.0259. The Morgan fingerprint density at radius 3 is 1.92 bits per heavy atom. The van der Waals surface area contributed by atoms with Crippen molar-refractivity contribution in [2.75, 3.05) is 5.75 Å². The highest BCUT2D eigenvalue weighted by Gasteiger charge is 2.44. The molecule has 5 nitrogen and oxygen atoms in total. The number of rotatable bonds is 8. The number of allylic oxidation sites excluding steroid dienone is 2. The van der Waals surface area contributed by atoms with Gasteiger partial charge in [-0.25, -0.2) is 16.8 Å². The van der Waals surface area contributed by atoms with Gasteiger partial charge in [0.05, 0.1) is 20.8 Å². The molecule has 3 rings (SSSR count). The predicted molar refractivity (Wildman–Crippen MR) is 149 cm³/mol. The summed E-state index contributed by atoms with van der Waals surface area (Å²) in [5, 5.41) is -0.972. The van der Waals surface area contributed by atoms with Crippen LogP contribution in [-0.2, 0) is 24.5 Å². The maximum absolute atomic E-state index is 14.1. The van der Waals surface area contributed by atoms with Gasteiger partial charge in [-0.2, -0.15) is 0 Å². The lowest BCUT2D eigenvalue weighted by molar-refractivity contribution is -0.120. The van der Waals surface area contributed by atoms with E-state index in [0.29, 0.717) is 23.1 Å². The lowest BCUT2D eigenvalue weighted by atomic mass is 9.67. The molecule has 2 atom stereocenters. The summed E-state index contributed by atoms with van der Waals surface area (Å²) in [5.74, 6) is -0.434. The summed E-state index contributed by atoms with van der Waals surface area (Å²) in [6.45, 7) is 13.2. The van der Waals surface area contributed by atoms with Crippen molar-refractivity contribution in [3.05, 3.63) is 82.5 Å². The summed E-state index contributed by atoms with van der Waals surface area (Å²) >= 11 is 0. The minimum atomic E-state index is -3.87. The Kier molecular flexibility index (Phi) is 8.40. The van der Waals surface area contributed by atoms with Crippen molar-refractivity contribution >= 4 is 25.5 Å². The van der Waals surface area contributed by atoms with Crippen molar-refractivity contribution in [1.29, 1.82) is 0 Å². The maximum Gasteiger partial charge on any atom is 0.185 e. The lowest BCUT2D eigenvalue weighted by Crippen LogP contribution is -2.39. The molecule has 0 aromatic heterocycles. The smallest absolute Gasteiger partial charge is 0.185 e. The zero-order chi connectivity index (χ0) is 27.8. The Balaban J connectivity index is 2.06. The monoisotopic (exact) mass is 542 g/mol. The first-order chi connectivity index (χ1) is 17.1. The Labute approximate surface area is 222 Å². The molecule has 0 N–H and O–H groups in total. The van der Waals surface area contributed by atoms with Gasteiger partial charge >= 0.3 is 0 Å². The number of benzene rings is 2. The van der Waals surface area contributed by atoms with Gasteiger partial charge < -0.3 is 0 Å². The van der Waals surface area contributed by atoms with Gasteiger partial charge in [0.2, 0.25) is 0 Å². The van der Waals surface area contributed by atoms with Crippen LogP contribution in [0, 0.1) is 25.2 Å². The van der Waals surface area contributed by atoms with Crippen LogP contribution >= 0.6 is 0 Å². The van der Waals surface area contributed by atoms with E-state index in [2.05, 4.69) is 0 Å². The van der Waals surface area contributed by atoms with E-state index < -0.39 is 30.3 Å². The predicted octanol–water partition coefficient (Wildman–Crippen LogP) is 6.21. The Bertz CT molecular complexity index is 1440. The molecular weight excluding hydrogens is 504 g/mol. The van der Waals surface area contributed by atoms with E-state index in [1.807, 2.05) is 34.6 Å². The summed E-state index contributed by atoms with van der Waals surface area (Å²) < 4.78 is 53.9. The molecule has 1 aliphatic carbocycles. The Morgan fingerprint density at radius 2 is 1.41 bits per heavy atom. The van der Waals surface area contributed by atoms with Crippen molar-refractivity contribution in [2.24, 2.45) is 11.3 Å². The molecular formula is C30H38O5S2. The molecule has 0 saturated heterocycles. The van der Waals surface area contributed by atoms with Gasteiger partial charge in [0, 0.05) is 5.92 Å². The summed E-state index contributed by atoms with van der Waals surface area (Å²) in [6.07, 6.45) is 2.27. The van der Waals surface area contributed by atoms with E-state index in [4.69, 9.17) is 0 Å². The Morgan fingerprint density at radius 1 is 0.919 bits per heavy atom. The fraction of sp³-hybridized carbons (Fsp3) is 0.433. The number of carbonyl (C=O) groups is 1. The van der Waals surface area contributed by atoms with Gasteiger partial charge in [0.15, 0.2) is 25.5 Å². The number of hydrogen-bond acceptors (Lipinski definition) is 5. The van der Waals surface area contributed by atoms with E-state index in [1.54, 1.807) is 68.5 Å². The maximum atomic E-state index is 14.1. The second-order valence-electron chi connectivity index (χ2n) is 11.1. The molecule has 37 heavy (non-hydrogen) atoms. The van der Waals surface area contributed by atoms with E-state index in [0.717, 1.165) is 11.1 Å². The third kappa shape index (κ3) is 6.32. The molecule has 2 aromatic rings. The zero-order valence-electron chi connectivity index (χ0n) is 22.8. The SMILES string of the molecule is CC1=C(C(C/C(C)=C/CS(=O)(=O)c2ccc(C)cc2)S(=O)(=O)c2ccc(C)cc2)C(C)(C)CC(C)C1=O. The second kappa shape index (κ2) is 10.7. The normalized spacial score (nSPS) is 19.7. The van der Waals surface area contributed by atoms with Gasteiger partial charge in [-0.15, -0.1) is 0 Å². The quantitative estimate of drug-likeness (QED) is 0.370. The van der Waals surface area contributed by atoms with Crippen molar-refractivity contribution in [2.45, 2.75) is 76.3 Å². The fourth-order valence-corrected chi connectivity index (χ4v) is 8.76. The summed E-state index contributed by atoms with van der Waals surface area (Å²) in [7, 11) is -7.44. The first-order valence-electron chi connectivity index (χ1n) is 12.6. The lowest BCUT2D eigenvalue weighted by Gasteiger charge is -2.40. The third-order valence-corrected chi connectivity index (χ3v) is 11.0. The van der Waals surface area contributed by atoms with Crippen LogP contribution in [0.4, 0.5) is 0 Å². The summed E-state index contributed by atoms with van der Waals surface area (Å²) in [6, 6.07) is 13.4. The highest BCUT2D eigenvalue weighted by molar-refractivity contribution is 7.92. The van der Waals surface area contributed by atoms with Gasteiger partial charge in [0.1, 0.15) is 0 Å². The summed E-state index contributed by atoms with van der Waals surface area (Å²) in [4.78, 5) is 13.4. The van der Waals surface area contributed by atoms with Crippen molar-refractivity contribution in [1.82, 2.24) is 0 Å². The van der Waals surface area contributed by atoms with Gasteiger partial charge in [-0.3, -0.25) is 4.79 Å². The number of Topliss-reactive ketones (excluding diaryl/α,β-unsaturated/α-hetero) is 1. The second-order valence-corrected chi connectivity index (χ2v) is 15.3. The van der Waals surface area contributed by atoms with Gasteiger partial charge in [-0.1, -0.05) is 67.8 Å². The molecule has 1 aliphatic rings. The van der Waals surface area contributed by atoms with E-state index in [1.165, 1.54) is 0 Å². The average molecular weight is 543 g/mol. The van der Waals surface area contributed by atoms with Crippen LogP contribution in [0.5, 0.6) is 0 Å². The highest BCUT2D eigenvalue weighted by atomic mass is 32.2. The highest BCUT2D eigenvalue weighted by Crippen LogP contribution is 2.46. The Hall–Kier alpha value is -2.51. The first kappa shape index (κ1) is 29.1. The largest absolute Gasteiger partial charge is 0.294 e. The molecule has 0 bridgehead atoms. The van der Waals surface area contributed by atoms with Crippen LogP contribution < -0.4 is 0 Å². The molecule has 7 heteroatoms. The number of hydrogen-bond donors (Lipinski definition) is 0. The molecule has 2 aromatic carbocycles. The van der Waals surface area contributed by atoms with Crippen LogP contribution in [-0.4, -0.2) is 33.6 Å². The molecule has 200 valence electrons. The molecule has 0 aliphatic heterocycles. The number of sulfone groups is 2. The minimum Gasteiger partial charge on any atom is -0.294 e. The molecule has 0 spiro atoms. The molecule has 0 saturated carbocycles. The number of aryl methyl sites for hydroxylation is 2. The molecule has 0 amide bonds. The first-order valence-corrected chi connectivity index (χ1v) is 15.8. The zero-order valence-corrected chi connectivity index (χ0v) is 24.5. The van der Waals surface area contributed by atoms with Crippen LogP contribution in [0.2, 0.25) is 0 Å². The summed E-state index contributed by atoms with van der Waals surface area (Å²) in [5.41, 5.74) is 3.20. The van der Waals surface area contributed by atoms with E-state index >= 15 is 0 Å². The van der Waals surface area contributed by atoms with Crippen molar-refractivity contribution in [3.63, 3.8) is 0 Å². The van der Waals surface area contributed by atoms with Gasteiger partial charge in [-0.05, 0) is 81.4 Å². The van der Waals surface area contributed by atoms with Crippen LogP contribution in [0.3, 0.4) is 0 Å².